The van der Waals surface area contributed by atoms with Crippen molar-refractivity contribution in [3.8, 4) is 0 Å². The lowest BCUT2D eigenvalue weighted by Gasteiger charge is -2.20. The molecule has 1 heterocycles. The van der Waals surface area contributed by atoms with Gasteiger partial charge in [-0.25, -0.2) is 0 Å². The van der Waals surface area contributed by atoms with E-state index in [1.807, 2.05) is 0 Å². The maximum absolute atomic E-state index is 10.5. The van der Waals surface area contributed by atoms with E-state index in [2.05, 4.69) is 4.74 Å². The molecule has 0 radical (unpaired) electrons. The van der Waals surface area contributed by atoms with Gasteiger partial charge >= 0.3 is 11.6 Å². The Morgan fingerprint density at radius 1 is 1.31 bits per heavy atom. The molecule has 1 fully saturated rings. The van der Waals surface area contributed by atoms with Gasteiger partial charge in [0.1, 0.15) is 16.3 Å². The molecule has 1 rings (SSSR count). The van der Waals surface area contributed by atoms with E-state index >= 15 is 0 Å². The third-order valence-corrected chi connectivity index (χ3v) is 1.87. The Balaban J connectivity index is 2.87. The number of nitro groups is 2. The van der Waals surface area contributed by atoms with Crippen LogP contribution in [0.2, 0.25) is 0 Å². The highest BCUT2D eigenvalue weighted by Gasteiger charge is 2.59. The molecule has 13 heavy (non-hydrogen) atoms. The van der Waals surface area contributed by atoms with Gasteiger partial charge in [-0.15, -0.1) is 0 Å². The van der Waals surface area contributed by atoms with Crippen molar-refractivity contribution in [2.75, 3.05) is 6.61 Å². The first-order valence-corrected chi connectivity index (χ1v) is 3.44. The minimum Gasteiger partial charge on any atom is -0.450 e. The van der Waals surface area contributed by atoms with Crippen LogP contribution < -0.4 is 0 Å². The fourth-order valence-electron chi connectivity index (χ4n) is 0.997. The number of cyclic esters (lactones) is 1. The number of hydrogen-bond acceptors (Lipinski definition) is 6. The average molecular weight is 190 g/mol. The predicted molar refractivity (Wildman–Crippen MR) is 36.9 cm³/mol. The maximum atomic E-state index is 10.5. The van der Waals surface area contributed by atoms with Crippen molar-refractivity contribution in [1.82, 2.24) is 0 Å². The lowest BCUT2D eigenvalue weighted by molar-refractivity contribution is -0.800. The first-order chi connectivity index (χ1) is 5.99. The summed E-state index contributed by atoms with van der Waals surface area (Å²) in [5.41, 5.74) is -2.34. The molecule has 0 aliphatic carbocycles. The second-order valence-corrected chi connectivity index (χ2v) is 2.66. The summed E-state index contributed by atoms with van der Waals surface area (Å²) in [6.45, 7) is -0.786. The Bertz CT molecular complexity index is 248. The largest absolute Gasteiger partial charge is 0.491 e. The zero-order valence-electron chi connectivity index (χ0n) is 6.47. The Hall–Kier alpha value is -1.73. The van der Waals surface area contributed by atoms with Crippen molar-refractivity contribution in [2.45, 2.75) is 18.5 Å². The van der Waals surface area contributed by atoms with Crippen LogP contribution in [0.5, 0.6) is 0 Å². The normalized spacial score (nSPS) is 20.5. The van der Waals surface area contributed by atoms with Crippen LogP contribution in [0.3, 0.4) is 0 Å². The standard InChI is InChI=1S/C5H6N2O6/c8-4-1-2-5(3-13-4,6(9)10)7(11)12/h1-3H2. The number of rotatable bonds is 2. The van der Waals surface area contributed by atoms with Crippen molar-refractivity contribution < 1.29 is 19.4 Å². The summed E-state index contributed by atoms with van der Waals surface area (Å²) in [4.78, 5) is 29.3. The third kappa shape index (κ3) is 1.42. The Morgan fingerprint density at radius 3 is 2.15 bits per heavy atom. The molecule has 8 heteroatoms. The second kappa shape index (κ2) is 2.96. The van der Waals surface area contributed by atoms with Crippen LogP contribution in [0.25, 0.3) is 0 Å². The summed E-state index contributed by atoms with van der Waals surface area (Å²) in [7, 11) is 0. The number of hydrogen-bond donors (Lipinski definition) is 0. The first kappa shape index (κ1) is 9.36. The zero-order valence-corrected chi connectivity index (χ0v) is 6.47. The molecule has 72 valence electrons. The number of carbonyl (C=O) groups is 1. The van der Waals surface area contributed by atoms with Gasteiger partial charge in [0.15, 0.2) is 0 Å². The molecule has 0 spiro atoms. The highest BCUT2D eigenvalue weighted by Crippen LogP contribution is 2.23. The summed E-state index contributed by atoms with van der Waals surface area (Å²) in [6, 6.07) is 0. The zero-order chi connectivity index (χ0) is 10.1. The van der Waals surface area contributed by atoms with Gasteiger partial charge in [-0.2, -0.15) is 0 Å². The Labute approximate surface area is 71.8 Å². The molecule has 0 amide bonds. The molecule has 8 nitrogen and oxygen atoms in total. The first-order valence-electron chi connectivity index (χ1n) is 3.44. The quantitative estimate of drug-likeness (QED) is 0.252. The lowest BCUT2D eigenvalue weighted by atomic mass is 10.0. The van der Waals surface area contributed by atoms with Gasteiger partial charge in [0.05, 0.1) is 6.42 Å². The number of nitrogens with zero attached hydrogens (tertiary/aromatic N) is 2. The Morgan fingerprint density at radius 2 is 1.85 bits per heavy atom. The lowest BCUT2D eigenvalue weighted by Crippen LogP contribution is -2.53. The number of carbonyl (C=O) groups excluding carboxylic acids is 1. The van der Waals surface area contributed by atoms with Crippen molar-refractivity contribution in [3.63, 3.8) is 0 Å². The second-order valence-electron chi connectivity index (χ2n) is 2.66. The number of ether oxygens (including phenoxy) is 1. The molecular weight excluding hydrogens is 184 g/mol. The van der Waals surface area contributed by atoms with Gasteiger partial charge in [-0.3, -0.25) is 25.0 Å². The molecule has 0 atom stereocenters. The van der Waals surface area contributed by atoms with Gasteiger partial charge < -0.3 is 4.74 Å². The summed E-state index contributed by atoms with van der Waals surface area (Å²) in [5.74, 6) is -0.640. The van der Waals surface area contributed by atoms with E-state index in [0.717, 1.165) is 0 Å². The van der Waals surface area contributed by atoms with Crippen LogP contribution in [0.4, 0.5) is 0 Å². The predicted octanol–water partition coefficient (Wildman–Crippen LogP) is -0.427. The topological polar surface area (TPSA) is 113 Å². The fraction of sp³-hybridized carbons (Fsp3) is 0.800. The molecule has 0 unspecified atom stereocenters. The summed E-state index contributed by atoms with van der Waals surface area (Å²) in [5, 5.41) is 20.8. The minimum atomic E-state index is -2.34. The van der Waals surface area contributed by atoms with E-state index in [9.17, 15) is 25.0 Å². The van der Waals surface area contributed by atoms with Gasteiger partial charge in [-0.1, -0.05) is 0 Å². The van der Waals surface area contributed by atoms with Crippen LogP contribution in [0, 0.1) is 20.2 Å². The molecule has 0 aromatic heterocycles. The van der Waals surface area contributed by atoms with E-state index in [1.165, 1.54) is 0 Å². The summed E-state index contributed by atoms with van der Waals surface area (Å²) < 4.78 is 4.29. The molecule has 1 aliphatic heterocycles. The van der Waals surface area contributed by atoms with E-state index in [1.54, 1.807) is 0 Å². The van der Waals surface area contributed by atoms with Gasteiger partial charge in [0.2, 0.25) is 6.61 Å². The SMILES string of the molecule is O=C1CCC([N+](=O)[O-])([N+](=O)[O-])CO1. The highest BCUT2D eigenvalue weighted by atomic mass is 16.7. The van der Waals surface area contributed by atoms with Crippen molar-refractivity contribution in [1.29, 1.82) is 0 Å². The Kier molecular flexibility index (Phi) is 2.13. The van der Waals surface area contributed by atoms with Gasteiger partial charge in [-0.05, 0) is 0 Å². The van der Waals surface area contributed by atoms with Gasteiger partial charge in [0, 0.05) is 0 Å². The molecular formula is C5H6N2O6. The molecule has 0 N–H and O–H groups in total. The van der Waals surface area contributed by atoms with E-state index in [4.69, 9.17) is 0 Å². The monoisotopic (exact) mass is 190 g/mol. The smallest absolute Gasteiger partial charge is 0.450 e. The van der Waals surface area contributed by atoms with E-state index in [0.29, 0.717) is 0 Å². The van der Waals surface area contributed by atoms with Gasteiger partial charge in [0.25, 0.3) is 0 Å². The van der Waals surface area contributed by atoms with Crippen molar-refractivity contribution >= 4 is 5.97 Å². The van der Waals surface area contributed by atoms with Crippen LogP contribution >= 0.6 is 0 Å². The van der Waals surface area contributed by atoms with Crippen LogP contribution in [-0.4, -0.2) is 28.1 Å². The molecule has 0 aromatic rings. The van der Waals surface area contributed by atoms with Crippen LogP contribution in [-0.2, 0) is 9.53 Å². The molecule has 0 saturated carbocycles. The maximum Gasteiger partial charge on any atom is 0.491 e. The molecule has 1 aliphatic rings. The molecule has 0 bridgehead atoms. The highest BCUT2D eigenvalue weighted by molar-refractivity contribution is 5.70. The summed E-state index contributed by atoms with van der Waals surface area (Å²) in [6.07, 6.45) is -0.701. The van der Waals surface area contributed by atoms with Crippen molar-refractivity contribution in [3.05, 3.63) is 20.2 Å². The molecule has 0 aromatic carbocycles. The van der Waals surface area contributed by atoms with Crippen molar-refractivity contribution in [2.24, 2.45) is 0 Å². The van der Waals surface area contributed by atoms with Crippen LogP contribution in [0.1, 0.15) is 12.8 Å². The summed E-state index contributed by atoms with van der Waals surface area (Å²) >= 11 is 0. The van der Waals surface area contributed by atoms with E-state index < -0.39 is 34.5 Å². The third-order valence-electron chi connectivity index (χ3n) is 1.87. The molecule has 1 saturated heterocycles. The average Bonchev–Trinajstić information content (AvgIpc) is 2.04. The minimum absolute atomic E-state index is 0.290. The van der Waals surface area contributed by atoms with E-state index in [-0.39, 0.29) is 6.42 Å². The number of esters is 1. The van der Waals surface area contributed by atoms with Crippen LogP contribution in [0.15, 0.2) is 0 Å². The fourth-order valence-corrected chi connectivity index (χ4v) is 0.997.